The van der Waals surface area contributed by atoms with Gasteiger partial charge in [-0.1, -0.05) is 11.8 Å². The normalized spacial score (nSPS) is 10.8. The first-order valence-corrected chi connectivity index (χ1v) is 9.68. The van der Waals surface area contributed by atoms with Gasteiger partial charge in [-0.05, 0) is 41.1 Å². The number of carbonyl (C=O) groups excluding carboxylic acids is 1. The zero-order valence-corrected chi connectivity index (χ0v) is 16.2. The van der Waals surface area contributed by atoms with Gasteiger partial charge in [0.05, 0.1) is 5.75 Å². The third-order valence-electron chi connectivity index (χ3n) is 3.15. The largest absolute Gasteiger partial charge is 0.310 e. The van der Waals surface area contributed by atoms with Crippen LogP contribution >= 0.6 is 39.0 Å². The summed E-state index contributed by atoms with van der Waals surface area (Å²) in [4.78, 5) is 17.4. The molecule has 6 nitrogen and oxygen atoms in total. The molecule has 3 heterocycles. The average Bonchev–Trinajstić information content (AvgIpc) is 3.13. The molecule has 0 radical (unpaired) electrons. The highest BCUT2D eigenvalue weighted by atomic mass is 79.9. The Balaban J connectivity index is 1.61. The van der Waals surface area contributed by atoms with Crippen LogP contribution in [0, 0.1) is 6.92 Å². The smallest absolute Gasteiger partial charge is 0.236 e. The molecule has 1 N–H and O–H groups in total. The topological polar surface area (TPSA) is 72.7 Å². The Hall–Kier alpha value is -1.71. The van der Waals surface area contributed by atoms with Crippen LogP contribution in [0.15, 0.2) is 39.4 Å². The molecule has 0 atom stereocenters. The van der Waals surface area contributed by atoms with E-state index in [1.54, 1.807) is 23.6 Å². The molecule has 124 valence electrons. The number of carbonyl (C=O) groups is 1. The number of nitrogens with one attached hydrogen (secondary N) is 1. The second kappa shape index (κ2) is 7.45. The summed E-state index contributed by atoms with van der Waals surface area (Å²) in [5.41, 5.74) is 1.04. The lowest BCUT2D eigenvalue weighted by molar-refractivity contribution is -0.113. The molecule has 0 aliphatic heterocycles. The SMILES string of the molecule is Cc1cc(-c2nnc(SCC(=O)Nc3ccc(Br)cn3)n2C)cs1. The number of hydrogen-bond acceptors (Lipinski definition) is 6. The van der Waals surface area contributed by atoms with Gasteiger partial charge in [0.2, 0.25) is 5.91 Å². The summed E-state index contributed by atoms with van der Waals surface area (Å²) in [6.07, 6.45) is 1.64. The highest BCUT2D eigenvalue weighted by Crippen LogP contribution is 2.26. The molecule has 0 aromatic carbocycles. The summed E-state index contributed by atoms with van der Waals surface area (Å²) in [6.45, 7) is 2.06. The first-order valence-electron chi connectivity index (χ1n) is 7.02. The molecule has 0 fully saturated rings. The van der Waals surface area contributed by atoms with E-state index in [9.17, 15) is 4.79 Å². The predicted molar refractivity (Wildman–Crippen MR) is 100 cm³/mol. The number of aromatic nitrogens is 4. The third kappa shape index (κ3) is 4.03. The summed E-state index contributed by atoms with van der Waals surface area (Å²) in [7, 11) is 1.90. The van der Waals surface area contributed by atoms with Gasteiger partial charge < -0.3 is 9.88 Å². The van der Waals surface area contributed by atoms with Crippen LogP contribution in [0.4, 0.5) is 5.82 Å². The Labute approximate surface area is 155 Å². The van der Waals surface area contributed by atoms with Crippen LogP contribution in [0.5, 0.6) is 0 Å². The van der Waals surface area contributed by atoms with Crippen LogP contribution in [0.1, 0.15) is 4.88 Å². The van der Waals surface area contributed by atoms with Gasteiger partial charge in [0.25, 0.3) is 0 Å². The van der Waals surface area contributed by atoms with Crippen molar-refractivity contribution in [1.29, 1.82) is 0 Å². The van der Waals surface area contributed by atoms with E-state index in [1.165, 1.54) is 16.6 Å². The summed E-state index contributed by atoms with van der Waals surface area (Å²) >= 11 is 6.33. The van der Waals surface area contributed by atoms with Crippen molar-refractivity contribution in [2.75, 3.05) is 11.1 Å². The Bertz CT molecular complexity index is 859. The highest BCUT2D eigenvalue weighted by molar-refractivity contribution is 9.10. The van der Waals surface area contributed by atoms with Crippen molar-refractivity contribution in [2.24, 2.45) is 7.05 Å². The van der Waals surface area contributed by atoms with E-state index in [2.05, 4.69) is 54.8 Å². The molecule has 0 spiro atoms. The van der Waals surface area contributed by atoms with Crippen LogP contribution in [0.3, 0.4) is 0 Å². The van der Waals surface area contributed by atoms with E-state index >= 15 is 0 Å². The van der Waals surface area contributed by atoms with Crippen LogP contribution in [-0.2, 0) is 11.8 Å². The van der Waals surface area contributed by atoms with Gasteiger partial charge in [0.15, 0.2) is 11.0 Å². The highest BCUT2D eigenvalue weighted by Gasteiger charge is 2.14. The number of thioether (sulfide) groups is 1. The van der Waals surface area contributed by atoms with Gasteiger partial charge in [-0.25, -0.2) is 4.98 Å². The number of hydrogen-bond donors (Lipinski definition) is 1. The minimum atomic E-state index is -0.134. The molecular formula is C15H14BrN5OS2. The summed E-state index contributed by atoms with van der Waals surface area (Å²) in [5.74, 6) is 1.44. The minimum Gasteiger partial charge on any atom is -0.310 e. The Morgan fingerprint density at radius 2 is 2.25 bits per heavy atom. The van der Waals surface area contributed by atoms with Crippen LogP contribution in [0.25, 0.3) is 11.4 Å². The maximum absolute atomic E-state index is 12.0. The number of thiophene rings is 1. The van der Waals surface area contributed by atoms with Gasteiger partial charge in [-0.2, -0.15) is 0 Å². The standard InChI is InChI=1S/C15H14BrN5OS2/c1-9-5-10(7-23-9)14-19-20-15(21(14)2)24-8-13(22)18-12-4-3-11(16)6-17-12/h3-7H,8H2,1-2H3,(H,17,18,22). The molecule has 0 aliphatic rings. The number of aryl methyl sites for hydroxylation is 1. The Morgan fingerprint density at radius 1 is 1.42 bits per heavy atom. The monoisotopic (exact) mass is 423 g/mol. The van der Waals surface area contributed by atoms with Crippen molar-refractivity contribution in [3.63, 3.8) is 0 Å². The lowest BCUT2D eigenvalue weighted by Crippen LogP contribution is -2.15. The number of halogens is 1. The van der Waals surface area contributed by atoms with Crippen molar-refractivity contribution >= 4 is 50.8 Å². The molecule has 3 aromatic heterocycles. The molecule has 24 heavy (non-hydrogen) atoms. The first-order chi connectivity index (χ1) is 11.5. The molecule has 0 saturated carbocycles. The van der Waals surface area contributed by atoms with Gasteiger partial charge in [-0.3, -0.25) is 4.79 Å². The molecule has 9 heteroatoms. The first kappa shape index (κ1) is 17.1. The number of pyridine rings is 1. The molecule has 0 unspecified atom stereocenters. The number of nitrogens with zero attached hydrogens (tertiary/aromatic N) is 4. The average molecular weight is 424 g/mol. The van der Waals surface area contributed by atoms with Gasteiger partial charge in [0, 0.05) is 33.5 Å². The molecule has 0 aliphatic carbocycles. The second-order valence-electron chi connectivity index (χ2n) is 5.01. The quantitative estimate of drug-likeness (QED) is 0.632. The van der Waals surface area contributed by atoms with E-state index in [0.29, 0.717) is 11.0 Å². The predicted octanol–water partition coefficient (Wildman–Crippen LogP) is 3.74. The van der Waals surface area contributed by atoms with Crippen molar-refractivity contribution in [2.45, 2.75) is 12.1 Å². The molecule has 3 aromatic rings. The molecule has 0 saturated heterocycles. The lowest BCUT2D eigenvalue weighted by Gasteiger charge is -2.04. The van der Waals surface area contributed by atoms with Gasteiger partial charge in [-0.15, -0.1) is 21.5 Å². The fraction of sp³-hybridized carbons (Fsp3) is 0.200. The van der Waals surface area contributed by atoms with E-state index in [0.717, 1.165) is 15.9 Å². The van der Waals surface area contributed by atoms with E-state index in [1.807, 2.05) is 17.7 Å². The number of rotatable bonds is 5. The lowest BCUT2D eigenvalue weighted by atomic mass is 10.3. The summed E-state index contributed by atoms with van der Waals surface area (Å²) < 4.78 is 2.77. The number of anilines is 1. The van der Waals surface area contributed by atoms with E-state index in [-0.39, 0.29) is 11.7 Å². The van der Waals surface area contributed by atoms with Crippen molar-refractivity contribution in [1.82, 2.24) is 19.7 Å². The zero-order valence-electron chi connectivity index (χ0n) is 13.0. The second-order valence-corrected chi connectivity index (χ2v) is 7.98. The van der Waals surface area contributed by atoms with Crippen LogP contribution in [0.2, 0.25) is 0 Å². The maximum Gasteiger partial charge on any atom is 0.236 e. The number of amides is 1. The summed E-state index contributed by atoms with van der Waals surface area (Å²) in [6, 6.07) is 5.65. The van der Waals surface area contributed by atoms with Crippen LogP contribution in [-0.4, -0.2) is 31.4 Å². The van der Waals surface area contributed by atoms with Crippen molar-refractivity contribution < 1.29 is 4.79 Å². The zero-order chi connectivity index (χ0) is 17.1. The molecule has 0 bridgehead atoms. The maximum atomic E-state index is 12.0. The Morgan fingerprint density at radius 3 is 2.92 bits per heavy atom. The van der Waals surface area contributed by atoms with Gasteiger partial charge in [0.1, 0.15) is 5.82 Å². The minimum absolute atomic E-state index is 0.134. The van der Waals surface area contributed by atoms with Gasteiger partial charge >= 0.3 is 0 Å². The fourth-order valence-electron chi connectivity index (χ4n) is 2.01. The van der Waals surface area contributed by atoms with Crippen LogP contribution < -0.4 is 5.32 Å². The fourth-order valence-corrected chi connectivity index (χ4v) is 3.64. The third-order valence-corrected chi connectivity index (χ3v) is 5.50. The van der Waals surface area contributed by atoms with Crippen molar-refractivity contribution in [3.8, 4) is 11.4 Å². The van der Waals surface area contributed by atoms with Crippen molar-refractivity contribution in [3.05, 3.63) is 39.1 Å². The molecule has 3 rings (SSSR count). The summed E-state index contributed by atoms with van der Waals surface area (Å²) in [5, 5.41) is 13.9. The molecule has 1 amide bonds. The van der Waals surface area contributed by atoms with E-state index in [4.69, 9.17) is 0 Å². The Kier molecular flexibility index (Phi) is 5.32. The van der Waals surface area contributed by atoms with E-state index < -0.39 is 0 Å². The molecular weight excluding hydrogens is 410 g/mol.